The maximum atomic E-state index is 4.60. The maximum absolute atomic E-state index is 4.60. The summed E-state index contributed by atoms with van der Waals surface area (Å²) in [5, 5.41) is 7.64. The average molecular weight is 279 g/mol. The van der Waals surface area contributed by atoms with E-state index in [1.165, 1.54) is 0 Å². The van der Waals surface area contributed by atoms with Crippen molar-refractivity contribution in [3.05, 3.63) is 55.0 Å². The van der Waals surface area contributed by atoms with Crippen LogP contribution in [0.1, 0.15) is 13.3 Å². The Balaban J connectivity index is 1.97. The van der Waals surface area contributed by atoms with Crippen LogP contribution in [0.4, 0.5) is 5.82 Å². The monoisotopic (exact) mass is 279 g/mol. The van der Waals surface area contributed by atoms with Crippen LogP contribution in [-0.4, -0.2) is 26.3 Å². The Hall–Kier alpha value is -2.69. The summed E-state index contributed by atoms with van der Waals surface area (Å²) < 4.78 is 1.87. The van der Waals surface area contributed by atoms with Gasteiger partial charge in [-0.3, -0.25) is 4.98 Å². The molecule has 0 radical (unpaired) electrons. The number of nitrogens with zero attached hydrogens (tertiary/aromatic N) is 4. The predicted octanol–water partition coefficient (Wildman–Crippen LogP) is 3.15. The number of rotatable bonds is 5. The molecule has 1 N–H and O–H groups in total. The molecule has 0 spiro atoms. The highest BCUT2D eigenvalue weighted by atomic mass is 15.3. The van der Waals surface area contributed by atoms with Gasteiger partial charge in [-0.2, -0.15) is 5.10 Å². The third-order valence-electron chi connectivity index (χ3n) is 3.10. The number of nitrogens with one attached hydrogen (secondary N) is 1. The van der Waals surface area contributed by atoms with E-state index < -0.39 is 0 Å². The van der Waals surface area contributed by atoms with Crippen LogP contribution in [0.2, 0.25) is 0 Å². The molecule has 0 saturated carbocycles. The third kappa shape index (κ3) is 2.91. The molecular formula is C16H17N5. The van der Waals surface area contributed by atoms with Gasteiger partial charge in [0.15, 0.2) is 0 Å². The Morgan fingerprint density at radius 1 is 1.10 bits per heavy atom. The van der Waals surface area contributed by atoms with E-state index in [1.54, 1.807) is 18.6 Å². The molecule has 0 aliphatic rings. The first-order chi connectivity index (χ1) is 10.4. The molecule has 1 aromatic carbocycles. The van der Waals surface area contributed by atoms with Gasteiger partial charge < -0.3 is 5.32 Å². The van der Waals surface area contributed by atoms with Crippen LogP contribution in [-0.2, 0) is 0 Å². The van der Waals surface area contributed by atoms with Crippen molar-refractivity contribution < 1.29 is 0 Å². The lowest BCUT2D eigenvalue weighted by Crippen LogP contribution is -2.04. The maximum Gasteiger partial charge on any atom is 0.145 e. The lowest BCUT2D eigenvalue weighted by atomic mass is 10.3. The van der Waals surface area contributed by atoms with Crippen molar-refractivity contribution in [3.8, 4) is 17.1 Å². The summed E-state index contributed by atoms with van der Waals surface area (Å²) in [6.45, 7) is 3.00. The van der Waals surface area contributed by atoms with E-state index in [9.17, 15) is 0 Å². The van der Waals surface area contributed by atoms with E-state index in [1.807, 2.05) is 41.1 Å². The lowest BCUT2D eigenvalue weighted by Gasteiger charge is -2.08. The molecule has 2 aromatic heterocycles. The van der Waals surface area contributed by atoms with Gasteiger partial charge in [-0.25, -0.2) is 9.67 Å². The second-order valence-electron chi connectivity index (χ2n) is 4.68. The highest BCUT2D eigenvalue weighted by Gasteiger charge is 2.09. The molecule has 0 amide bonds. The Labute approximate surface area is 123 Å². The van der Waals surface area contributed by atoms with Gasteiger partial charge in [0, 0.05) is 6.54 Å². The number of aromatic nitrogens is 4. The number of hydrogen-bond acceptors (Lipinski definition) is 4. The molecule has 0 bridgehead atoms. The first-order valence-corrected chi connectivity index (χ1v) is 7.04. The predicted molar refractivity (Wildman–Crippen MR) is 83.4 cm³/mol. The topological polar surface area (TPSA) is 55.6 Å². The molecule has 0 atom stereocenters. The number of anilines is 1. The third-order valence-corrected chi connectivity index (χ3v) is 3.10. The summed E-state index contributed by atoms with van der Waals surface area (Å²) in [6.07, 6.45) is 6.32. The standard InChI is InChI=1S/C16H17N5/c1-2-9-18-16-12-17-11-14(20-16)15-8-10-19-21(15)13-6-4-3-5-7-13/h3-8,10-12H,2,9H2,1H3,(H,18,20). The lowest BCUT2D eigenvalue weighted by molar-refractivity contribution is 0.882. The normalized spacial score (nSPS) is 10.5. The molecule has 0 aliphatic carbocycles. The Bertz CT molecular complexity index is 705. The van der Waals surface area contributed by atoms with Crippen LogP contribution in [0.5, 0.6) is 0 Å². The van der Waals surface area contributed by atoms with E-state index in [0.717, 1.165) is 35.9 Å². The minimum Gasteiger partial charge on any atom is -0.369 e. The Kier molecular flexibility index (Phi) is 3.91. The molecule has 0 aliphatic heterocycles. The van der Waals surface area contributed by atoms with Gasteiger partial charge in [0.05, 0.1) is 30.0 Å². The fourth-order valence-corrected chi connectivity index (χ4v) is 2.10. The molecule has 106 valence electrons. The first-order valence-electron chi connectivity index (χ1n) is 7.04. The quantitative estimate of drug-likeness (QED) is 0.779. The SMILES string of the molecule is CCCNc1cncc(-c2ccnn2-c2ccccc2)n1. The number of benzene rings is 1. The van der Waals surface area contributed by atoms with Crippen LogP contribution in [0, 0.1) is 0 Å². The molecule has 0 fully saturated rings. The molecule has 5 nitrogen and oxygen atoms in total. The van der Waals surface area contributed by atoms with Crippen LogP contribution < -0.4 is 5.32 Å². The highest BCUT2D eigenvalue weighted by Crippen LogP contribution is 2.20. The van der Waals surface area contributed by atoms with E-state index in [-0.39, 0.29) is 0 Å². The zero-order valence-electron chi connectivity index (χ0n) is 11.9. The molecule has 0 saturated heterocycles. The first kappa shape index (κ1) is 13.3. The molecule has 5 heteroatoms. The van der Waals surface area contributed by atoms with Crippen LogP contribution in [0.15, 0.2) is 55.0 Å². The zero-order valence-corrected chi connectivity index (χ0v) is 11.9. The summed E-state index contributed by atoms with van der Waals surface area (Å²) in [4.78, 5) is 8.87. The van der Waals surface area contributed by atoms with Crippen molar-refractivity contribution in [3.63, 3.8) is 0 Å². The van der Waals surface area contributed by atoms with Gasteiger partial charge in [-0.15, -0.1) is 0 Å². The fraction of sp³-hybridized carbons (Fsp3) is 0.188. The summed E-state index contributed by atoms with van der Waals surface area (Å²) in [5.74, 6) is 0.787. The van der Waals surface area contributed by atoms with Crippen LogP contribution in [0.25, 0.3) is 17.1 Å². The Morgan fingerprint density at radius 3 is 2.76 bits per heavy atom. The number of para-hydroxylation sites is 1. The van der Waals surface area contributed by atoms with Crippen molar-refractivity contribution in [1.82, 2.24) is 19.7 Å². The fourth-order valence-electron chi connectivity index (χ4n) is 2.10. The van der Waals surface area contributed by atoms with E-state index in [2.05, 4.69) is 27.3 Å². The number of hydrogen-bond donors (Lipinski definition) is 1. The van der Waals surface area contributed by atoms with Crippen molar-refractivity contribution in [2.45, 2.75) is 13.3 Å². The van der Waals surface area contributed by atoms with E-state index in [4.69, 9.17) is 0 Å². The minimum atomic E-state index is 0.787. The van der Waals surface area contributed by atoms with Gasteiger partial charge in [-0.1, -0.05) is 25.1 Å². The van der Waals surface area contributed by atoms with Gasteiger partial charge in [0.2, 0.25) is 0 Å². The van der Waals surface area contributed by atoms with E-state index in [0.29, 0.717) is 0 Å². The molecular weight excluding hydrogens is 262 g/mol. The molecule has 3 aromatic rings. The van der Waals surface area contributed by atoms with Crippen molar-refractivity contribution >= 4 is 5.82 Å². The second-order valence-corrected chi connectivity index (χ2v) is 4.68. The van der Waals surface area contributed by atoms with E-state index >= 15 is 0 Å². The van der Waals surface area contributed by atoms with Crippen LogP contribution >= 0.6 is 0 Å². The summed E-state index contributed by atoms with van der Waals surface area (Å²) in [5.41, 5.74) is 2.73. The van der Waals surface area contributed by atoms with Crippen molar-refractivity contribution in [1.29, 1.82) is 0 Å². The van der Waals surface area contributed by atoms with Gasteiger partial charge in [-0.05, 0) is 24.6 Å². The van der Waals surface area contributed by atoms with Gasteiger partial charge >= 0.3 is 0 Å². The smallest absolute Gasteiger partial charge is 0.145 e. The van der Waals surface area contributed by atoms with Crippen molar-refractivity contribution in [2.24, 2.45) is 0 Å². The second kappa shape index (κ2) is 6.17. The molecule has 2 heterocycles. The van der Waals surface area contributed by atoms with Gasteiger partial charge in [0.25, 0.3) is 0 Å². The largest absolute Gasteiger partial charge is 0.369 e. The summed E-state index contributed by atoms with van der Waals surface area (Å²) >= 11 is 0. The molecule has 3 rings (SSSR count). The molecule has 21 heavy (non-hydrogen) atoms. The summed E-state index contributed by atoms with van der Waals surface area (Å²) in [7, 11) is 0. The average Bonchev–Trinajstić information content (AvgIpc) is 3.04. The van der Waals surface area contributed by atoms with Crippen molar-refractivity contribution in [2.75, 3.05) is 11.9 Å². The van der Waals surface area contributed by atoms with Gasteiger partial charge in [0.1, 0.15) is 11.5 Å². The summed E-state index contributed by atoms with van der Waals surface area (Å²) in [6, 6.07) is 12.0. The van der Waals surface area contributed by atoms with Crippen LogP contribution in [0.3, 0.4) is 0 Å². The highest BCUT2D eigenvalue weighted by molar-refractivity contribution is 5.58. The Morgan fingerprint density at radius 2 is 1.95 bits per heavy atom. The molecule has 0 unspecified atom stereocenters. The zero-order chi connectivity index (χ0) is 14.5. The minimum absolute atomic E-state index is 0.787.